The molecule has 0 spiro atoms. The lowest BCUT2D eigenvalue weighted by molar-refractivity contribution is -0.126. The van der Waals surface area contributed by atoms with Gasteiger partial charge in [-0.2, -0.15) is 0 Å². The number of allylic oxidation sites excluding steroid dienone is 6. The molecule has 1 fully saturated rings. The molecule has 8 aromatic carbocycles. The van der Waals surface area contributed by atoms with Gasteiger partial charge in [-0.25, -0.2) is 5.48 Å². The Morgan fingerprint density at radius 1 is 0.453 bits per heavy atom. The minimum Gasteiger partial charge on any atom is -0.508 e. The Hall–Kier alpha value is -9.63. The van der Waals surface area contributed by atoms with Crippen LogP contribution in [-0.2, 0) is 28.5 Å². The maximum Gasteiger partial charge on any atom is 0.494 e. The highest BCUT2D eigenvalue weighted by atomic mass is 16.7. The van der Waals surface area contributed by atoms with Crippen molar-refractivity contribution in [3.05, 3.63) is 226 Å². The minimum atomic E-state index is -0.383. The number of rotatable bonds is 13. The van der Waals surface area contributed by atoms with E-state index in [0.29, 0.717) is 82.8 Å². The van der Waals surface area contributed by atoms with Crippen LogP contribution in [0.1, 0.15) is 214 Å². The van der Waals surface area contributed by atoms with Gasteiger partial charge in [-0.15, -0.1) is 0 Å². The average molecular weight is 1430 g/mol. The first kappa shape index (κ1) is 80.5. The molecule has 1 heterocycles. The summed E-state index contributed by atoms with van der Waals surface area (Å²) < 4.78 is 11.9. The molecule has 0 saturated carbocycles. The summed E-state index contributed by atoms with van der Waals surface area (Å²) in [6.45, 7) is 32.1. The molecule has 1 saturated heterocycles. The fourth-order valence-corrected chi connectivity index (χ4v) is 17.4. The van der Waals surface area contributed by atoms with Gasteiger partial charge in [0.1, 0.15) is 11.5 Å². The van der Waals surface area contributed by atoms with Crippen molar-refractivity contribution in [1.82, 2.24) is 0 Å². The molecule has 0 radical (unpaired) electrons. The van der Waals surface area contributed by atoms with Gasteiger partial charge in [-0.05, 0) is 248 Å². The Morgan fingerprint density at radius 3 is 1.08 bits per heavy atom. The SMILES string of the molecule is C.C.C.CC(=O)Nc1ccc(-c2ccc(-c3ccc(NC(C)=O)cc3)c3c2C2CC(C(C)C)C3C=C2C)cc1.CC1(C)OB(c2ccc(NOC=O)cc2)OC1(C)C.CC1=CC2c3c(-c4ccc(N)cc4)ccc(-c4ccc(N)cc4)c3C1CC2C(C)C.CC1=CC2c3c(O)ccc(O)c3C1CC2C(C)C. The van der Waals surface area contributed by atoms with Gasteiger partial charge in [0, 0.05) is 83.2 Å². The number of hydrogen-bond donors (Lipinski definition) is 7. The number of amides is 2. The lowest BCUT2D eigenvalue weighted by Gasteiger charge is -2.46. The summed E-state index contributed by atoms with van der Waals surface area (Å²) in [5, 5.41) is 26.0. The van der Waals surface area contributed by atoms with Crippen molar-refractivity contribution in [2.75, 3.05) is 27.6 Å². The van der Waals surface area contributed by atoms with Crippen molar-refractivity contribution in [2.24, 2.45) is 35.5 Å². The molecule has 6 bridgehead atoms. The highest BCUT2D eigenvalue weighted by Gasteiger charge is 2.52. The topological polar surface area (TPSA) is 207 Å². The van der Waals surface area contributed by atoms with Crippen molar-refractivity contribution >= 4 is 59.3 Å². The molecule has 9 aliphatic carbocycles. The number of phenols is 2. The van der Waals surface area contributed by atoms with Crippen molar-refractivity contribution in [1.29, 1.82) is 0 Å². The number of fused-ring (bicyclic) bond motifs is 3. The van der Waals surface area contributed by atoms with Crippen LogP contribution in [0.25, 0.3) is 44.5 Å². The van der Waals surface area contributed by atoms with Crippen LogP contribution in [0.4, 0.5) is 28.4 Å². The predicted octanol–water partition coefficient (Wildman–Crippen LogP) is 22.0. The van der Waals surface area contributed by atoms with Crippen molar-refractivity contribution in [3.63, 3.8) is 0 Å². The Kier molecular flexibility index (Phi) is 24.8. The molecule has 1 aliphatic heterocycles. The number of phenolic OH excluding ortho intramolecular Hbond substituents is 2. The highest BCUT2D eigenvalue weighted by molar-refractivity contribution is 6.62. The lowest BCUT2D eigenvalue weighted by atomic mass is 9.58. The van der Waals surface area contributed by atoms with E-state index in [2.05, 4.69) is 174 Å². The first-order valence-corrected chi connectivity index (χ1v) is 36.7. The molecule has 13 nitrogen and oxygen atoms in total. The van der Waals surface area contributed by atoms with Crippen LogP contribution in [0.2, 0.25) is 0 Å². The van der Waals surface area contributed by atoms with Crippen LogP contribution in [0, 0.1) is 35.5 Å². The van der Waals surface area contributed by atoms with E-state index in [9.17, 15) is 24.6 Å². The summed E-state index contributed by atoms with van der Waals surface area (Å²) in [5.74, 6) is 6.55. The Balaban J connectivity index is 0.000000168. The predicted molar refractivity (Wildman–Crippen MR) is 442 cm³/mol. The first-order chi connectivity index (χ1) is 49.0. The molecular formula is C92H114BN5O8. The largest absolute Gasteiger partial charge is 0.508 e. The van der Waals surface area contributed by atoms with Crippen molar-refractivity contribution < 1.29 is 38.7 Å². The third-order valence-corrected chi connectivity index (χ3v) is 23.5. The van der Waals surface area contributed by atoms with Gasteiger partial charge >= 0.3 is 13.6 Å². The molecule has 106 heavy (non-hydrogen) atoms. The van der Waals surface area contributed by atoms with Gasteiger partial charge in [0.25, 0.3) is 0 Å². The highest BCUT2D eigenvalue weighted by Crippen LogP contribution is 2.61. The second-order valence-corrected chi connectivity index (χ2v) is 31.6. The molecule has 8 aromatic rings. The zero-order valence-electron chi connectivity index (χ0n) is 62.4. The number of hydrogen-bond acceptors (Lipinski definition) is 11. The summed E-state index contributed by atoms with van der Waals surface area (Å²) in [5.41, 5.74) is 40.9. The molecule has 9 unspecified atom stereocenters. The van der Waals surface area contributed by atoms with E-state index in [1.165, 1.54) is 110 Å². The molecule has 9 atom stereocenters. The van der Waals surface area contributed by atoms with E-state index in [0.717, 1.165) is 45.8 Å². The van der Waals surface area contributed by atoms with E-state index < -0.39 is 0 Å². The Bertz CT molecular complexity index is 4560. The molecule has 2 amide bonds. The summed E-state index contributed by atoms with van der Waals surface area (Å²) in [4.78, 5) is 37.5. The number of carbonyl (C=O) groups is 3. The lowest BCUT2D eigenvalue weighted by Crippen LogP contribution is -2.41. The third-order valence-electron chi connectivity index (χ3n) is 23.5. The summed E-state index contributed by atoms with van der Waals surface area (Å²) >= 11 is 0. The van der Waals surface area contributed by atoms with Crippen LogP contribution in [0.5, 0.6) is 11.5 Å². The van der Waals surface area contributed by atoms with Crippen molar-refractivity contribution in [3.8, 4) is 56.0 Å². The second kappa shape index (κ2) is 32.6. The van der Waals surface area contributed by atoms with Gasteiger partial charge in [-0.1, -0.05) is 184 Å². The number of carbonyl (C=O) groups excluding carboxylic acids is 3. The maximum atomic E-state index is 11.5. The van der Waals surface area contributed by atoms with Gasteiger partial charge in [0.2, 0.25) is 11.8 Å². The van der Waals surface area contributed by atoms with Crippen LogP contribution in [0.3, 0.4) is 0 Å². The summed E-state index contributed by atoms with van der Waals surface area (Å²) in [7, 11) is -0.383. The maximum absolute atomic E-state index is 11.5. The minimum absolute atomic E-state index is 0. The Morgan fingerprint density at radius 2 is 0.755 bits per heavy atom. The van der Waals surface area contributed by atoms with Gasteiger partial charge in [0.15, 0.2) is 0 Å². The molecule has 9 N–H and O–H groups in total. The normalized spacial score (nSPS) is 21.7. The number of anilines is 5. The van der Waals surface area contributed by atoms with E-state index in [4.69, 9.17) is 20.8 Å². The van der Waals surface area contributed by atoms with E-state index in [1.807, 2.05) is 88.4 Å². The monoisotopic (exact) mass is 1430 g/mol. The molecular weight excluding hydrogens is 1310 g/mol. The van der Waals surface area contributed by atoms with E-state index in [1.54, 1.807) is 24.3 Å². The summed E-state index contributed by atoms with van der Waals surface area (Å²) in [6, 6.07) is 52.8. The third kappa shape index (κ3) is 16.1. The number of aromatic hydroxyl groups is 2. The zero-order valence-corrected chi connectivity index (χ0v) is 62.4. The van der Waals surface area contributed by atoms with Gasteiger partial charge in [0.05, 0.1) is 16.9 Å². The molecule has 0 aromatic heterocycles. The fourth-order valence-electron chi connectivity index (χ4n) is 17.4. The number of benzene rings is 8. The van der Waals surface area contributed by atoms with E-state index >= 15 is 0 Å². The van der Waals surface area contributed by atoms with Crippen LogP contribution in [0.15, 0.2) is 193 Å². The number of nitrogen functional groups attached to an aromatic ring is 2. The number of nitrogens with one attached hydrogen (secondary N) is 3. The van der Waals surface area contributed by atoms with Crippen LogP contribution >= 0.6 is 0 Å². The molecule has 18 rings (SSSR count). The standard InChI is InChI=1S/C32H34N2O2.C28H30N2.C16H20O2.C13H18BNO4.3CH4/c1-18(2)28-17-29-19(3)16-30(28)32-27(23-8-12-25(13-9-23)34-21(5)36)15-14-26(31(29)32)22-6-10-24(11-7-22)33-20(4)35;1-16(2)24-15-25-17(3)14-26(24)28-23(19-6-10-21(30)11-7-19)13-12-22(27(25)28)18-4-8-20(29)9-5-18;1-8(2)10-7-11-9(3)6-12(10)16-14(18)5-4-13(17)15(11)16;1-12(2)13(3,4)19-14(18-12)10-5-7-11(8-6-10)15-17-9-16;;;/h6-16,18,28-30H,17H2,1-5H3,(H,33,35)(H,34,36);4-14,16,24-26H,15,29-30H2,1-3H3;4-6,8,10-12,17-18H,7H2,1-3H3;5-9,15H,1-4H3;3*1H4. The number of nitrogens with two attached hydrogens (primary N) is 2. The van der Waals surface area contributed by atoms with Crippen molar-refractivity contribution in [2.45, 2.75) is 192 Å². The van der Waals surface area contributed by atoms with E-state index in [-0.39, 0.29) is 64.3 Å². The van der Waals surface area contributed by atoms with Gasteiger partial charge in [-0.3, -0.25) is 14.4 Å². The summed E-state index contributed by atoms with van der Waals surface area (Å²) in [6.07, 6.45) is 10.9. The quantitative estimate of drug-likeness (QED) is 0.0144. The smallest absolute Gasteiger partial charge is 0.494 e. The molecule has 558 valence electrons. The Labute approximate surface area is 631 Å². The molecule has 10 aliphatic rings. The second-order valence-electron chi connectivity index (χ2n) is 31.6. The average Bonchev–Trinajstić information content (AvgIpc) is 1.08. The molecule has 14 heteroatoms. The van der Waals surface area contributed by atoms with Crippen LogP contribution < -0.4 is 33.0 Å². The first-order valence-electron chi connectivity index (χ1n) is 36.7. The zero-order chi connectivity index (χ0) is 73.7. The van der Waals surface area contributed by atoms with Gasteiger partial charge < -0.3 is 46.5 Å². The fraction of sp³-hybridized carbons (Fsp3) is 0.380. The van der Waals surface area contributed by atoms with Crippen LogP contribution in [-0.4, -0.2) is 46.8 Å².